The molecule has 0 saturated heterocycles. The van der Waals surface area contributed by atoms with Crippen LogP contribution in [0.2, 0.25) is 5.02 Å². The molecule has 4 fully saturated rings. The Labute approximate surface area is 217 Å². The standard InChI is InChI=1S/C32H31ClO3/c33-29-15-21(7-11-31(34)35)6-9-27(29)26-8-10-30(36-20-22-4-2-1-3-5-22)28(16-26)32-17-23-12-24(18-32)14-25(13-23)19-32/h1-11,15-16,23-25H,12-14,17-20H2,(H,34,35)/p-1/b11-7+. The van der Waals surface area contributed by atoms with E-state index in [1.165, 1.54) is 55.7 Å². The number of benzene rings is 3. The Morgan fingerprint density at radius 1 is 0.944 bits per heavy atom. The van der Waals surface area contributed by atoms with Crippen LogP contribution in [0.1, 0.15) is 55.2 Å². The molecule has 0 radical (unpaired) electrons. The van der Waals surface area contributed by atoms with Crippen LogP contribution in [0.3, 0.4) is 0 Å². The van der Waals surface area contributed by atoms with E-state index in [2.05, 4.69) is 42.5 Å². The molecule has 0 N–H and O–H groups in total. The first-order chi connectivity index (χ1) is 17.5. The zero-order valence-corrected chi connectivity index (χ0v) is 21.0. The van der Waals surface area contributed by atoms with E-state index < -0.39 is 5.97 Å². The molecule has 0 amide bonds. The Bertz CT molecular complexity index is 1270. The van der Waals surface area contributed by atoms with Gasteiger partial charge in [0, 0.05) is 16.1 Å². The maximum atomic E-state index is 10.8. The first kappa shape index (κ1) is 23.4. The number of carbonyl (C=O) groups is 1. The molecule has 0 aromatic heterocycles. The highest BCUT2D eigenvalue weighted by Crippen LogP contribution is 2.62. The molecule has 7 rings (SSSR count). The molecule has 0 atom stereocenters. The average molecular weight is 498 g/mol. The second-order valence-corrected chi connectivity index (χ2v) is 11.5. The lowest BCUT2D eigenvalue weighted by molar-refractivity contribution is -0.297. The number of carbonyl (C=O) groups excluding carboxylic acids is 1. The van der Waals surface area contributed by atoms with Gasteiger partial charge >= 0.3 is 0 Å². The second-order valence-electron chi connectivity index (χ2n) is 11.1. The predicted molar refractivity (Wildman–Crippen MR) is 142 cm³/mol. The van der Waals surface area contributed by atoms with Gasteiger partial charge in [-0.1, -0.05) is 66.2 Å². The van der Waals surface area contributed by atoms with Crippen LogP contribution in [0.15, 0.2) is 72.8 Å². The molecular formula is C32H30ClO3-. The van der Waals surface area contributed by atoms with Crippen LogP contribution in [0.4, 0.5) is 0 Å². The van der Waals surface area contributed by atoms with Gasteiger partial charge in [0.25, 0.3) is 0 Å². The molecule has 3 aromatic carbocycles. The number of rotatable bonds is 7. The fourth-order valence-corrected chi connectivity index (χ4v) is 7.75. The number of ether oxygens (including phenoxy) is 1. The summed E-state index contributed by atoms with van der Waals surface area (Å²) in [4.78, 5) is 10.8. The van der Waals surface area contributed by atoms with Gasteiger partial charge in [0.05, 0.1) is 5.97 Å². The molecule has 0 spiro atoms. The van der Waals surface area contributed by atoms with Crippen LogP contribution < -0.4 is 9.84 Å². The second kappa shape index (κ2) is 9.44. The molecular weight excluding hydrogens is 468 g/mol. The van der Waals surface area contributed by atoms with Crippen LogP contribution in [0, 0.1) is 17.8 Å². The molecule has 0 aliphatic heterocycles. The summed E-state index contributed by atoms with van der Waals surface area (Å²) in [6.07, 6.45) is 10.5. The maximum Gasteiger partial charge on any atom is 0.123 e. The summed E-state index contributed by atoms with van der Waals surface area (Å²) in [6, 6.07) is 22.6. The highest BCUT2D eigenvalue weighted by molar-refractivity contribution is 6.33. The Morgan fingerprint density at radius 2 is 1.64 bits per heavy atom. The lowest BCUT2D eigenvalue weighted by Gasteiger charge is -2.57. The number of halogens is 1. The van der Waals surface area contributed by atoms with Crippen LogP contribution in [-0.2, 0) is 16.8 Å². The van der Waals surface area contributed by atoms with E-state index in [9.17, 15) is 9.90 Å². The van der Waals surface area contributed by atoms with Crippen molar-refractivity contribution >= 4 is 23.6 Å². The first-order valence-corrected chi connectivity index (χ1v) is 13.4. The van der Waals surface area contributed by atoms with Crippen molar-refractivity contribution in [3.05, 3.63) is 94.5 Å². The van der Waals surface area contributed by atoms with Crippen LogP contribution in [-0.4, -0.2) is 5.97 Å². The third-order valence-electron chi connectivity index (χ3n) is 8.54. The lowest BCUT2D eigenvalue weighted by atomic mass is 9.48. The normalized spacial score (nSPS) is 26.4. The third kappa shape index (κ3) is 4.57. The van der Waals surface area contributed by atoms with Gasteiger partial charge in [-0.05, 0) is 103 Å². The Morgan fingerprint density at radius 3 is 2.28 bits per heavy atom. The number of hydrogen-bond acceptors (Lipinski definition) is 3. The topological polar surface area (TPSA) is 49.4 Å². The summed E-state index contributed by atoms with van der Waals surface area (Å²) in [7, 11) is 0. The van der Waals surface area contributed by atoms with Crippen molar-refractivity contribution in [2.75, 3.05) is 0 Å². The number of aliphatic carboxylic acids is 1. The molecule has 4 saturated carbocycles. The zero-order valence-electron chi connectivity index (χ0n) is 20.3. The fraction of sp³-hybridized carbons (Fsp3) is 0.344. The van der Waals surface area contributed by atoms with Crippen molar-refractivity contribution in [1.29, 1.82) is 0 Å². The first-order valence-electron chi connectivity index (χ1n) is 13.0. The van der Waals surface area contributed by atoms with E-state index in [1.54, 1.807) is 6.07 Å². The Hall–Kier alpha value is -3.04. The van der Waals surface area contributed by atoms with Crippen molar-refractivity contribution < 1.29 is 14.6 Å². The van der Waals surface area contributed by atoms with E-state index in [4.69, 9.17) is 16.3 Å². The predicted octanol–water partition coefficient (Wildman–Crippen LogP) is 6.82. The molecule has 3 nitrogen and oxygen atoms in total. The van der Waals surface area contributed by atoms with Gasteiger partial charge in [-0.2, -0.15) is 0 Å². The number of hydrogen-bond donors (Lipinski definition) is 0. The number of carboxylic acid groups (broad SMARTS) is 1. The maximum absolute atomic E-state index is 10.8. The van der Waals surface area contributed by atoms with E-state index in [0.29, 0.717) is 11.6 Å². The SMILES string of the molecule is O=C([O-])/C=C/c1ccc(-c2ccc(OCc3ccccc3)c(C34CC5CC(CC(C5)C3)C4)c2)c(Cl)c1. The van der Waals surface area contributed by atoms with Crippen molar-refractivity contribution in [1.82, 2.24) is 0 Å². The summed E-state index contributed by atoms with van der Waals surface area (Å²) >= 11 is 6.70. The molecule has 4 heteroatoms. The van der Waals surface area contributed by atoms with Crippen molar-refractivity contribution in [2.24, 2.45) is 17.8 Å². The molecule has 0 unspecified atom stereocenters. The van der Waals surface area contributed by atoms with Crippen LogP contribution in [0.5, 0.6) is 5.75 Å². The van der Waals surface area contributed by atoms with Crippen molar-refractivity contribution in [2.45, 2.75) is 50.5 Å². The molecule has 4 aliphatic rings. The van der Waals surface area contributed by atoms with Gasteiger partial charge in [0.15, 0.2) is 0 Å². The number of carboxylic acids is 1. The van der Waals surface area contributed by atoms with Crippen molar-refractivity contribution in [3.63, 3.8) is 0 Å². The fourth-order valence-electron chi connectivity index (χ4n) is 7.45. The van der Waals surface area contributed by atoms with E-state index in [1.807, 2.05) is 18.2 Å². The van der Waals surface area contributed by atoms with Gasteiger partial charge in [-0.15, -0.1) is 0 Å². The summed E-state index contributed by atoms with van der Waals surface area (Å²) < 4.78 is 6.50. The third-order valence-corrected chi connectivity index (χ3v) is 8.86. The van der Waals surface area contributed by atoms with E-state index in [-0.39, 0.29) is 5.41 Å². The molecule has 4 aliphatic carbocycles. The minimum atomic E-state index is -1.22. The van der Waals surface area contributed by atoms with Crippen molar-refractivity contribution in [3.8, 4) is 16.9 Å². The molecule has 36 heavy (non-hydrogen) atoms. The molecule has 0 heterocycles. The van der Waals surface area contributed by atoms with Gasteiger partial charge in [-0.3, -0.25) is 0 Å². The summed E-state index contributed by atoms with van der Waals surface area (Å²) in [5, 5.41) is 11.4. The zero-order chi connectivity index (χ0) is 24.7. The van der Waals surface area contributed by atoms with E-state index >= 15 is 0 Å². The van der Waals surface area contributed by atoms with Gasteiger partial charge in [0.1, 0.15) is 12.4 Å². The molecule has 4 bridgehead atoms. The van der Waals surface area contributed by atoms with Gasteiger partial charge < -0.3 is 14.6 Å². The van der Waals surface area contributed by atoms with Crippen LogP contribution in [0.25, 0.3) is 17.2 Å². The Balaban J connectivity index is 1.38. The van der Waals surface area contributed by atoms with Gasteiger partial charge in [-0.25, -0.2) is 0 Å². The lowest BCUT2D eigenvalue weighted by Crippen LogP contribution is -2.48. The van der Waals surface area contributed by atoms with E-state index in [0.717, 1.165) is 46.3 Å². The smallest absolute Gasteiger partial charge is 0.123 e. The molecule has 184 valence electrons. The summed E-state index contributed by atoms with van der Waals surface area (Å²) in [6.45, 7) is 0.555. The highest BCUT2D eigenvalue weighted by atomic mass is 35.5. The quantitative estimate of drug-likeness (QED) is 0.336. The monoisotopic (exact) mass is 497 g/mol. The molecule has 3 aromatic rings. The van der Waals surface area contributed by atoms with Crippen LogP contribution >= 0.6 is 11.6 Å². The largest absolute Gasteiger partial charge is 0.545 e. The minimum absolute atomic E-state index is 0.181. The highest BCUT2D eigenvalue weighted by Gasteiger charge is 2.52. The minimum Gasteiger partial charge on any atom is -0.545 e. The summed E-state index contributed by atoms with van der Waals surface area (Å²) in [5.74, 6) is 2.27. The van der Waals surface area contributed by atoms with Gasteiger partial charge in [0.2, 0.25) is 0 Å². The Kier molecular flexibility index (Phi) is 6.13. The average Bonchev–Trinajstić information content (AvgIpc) is 2.86. The summed E-state index contributed by atoms with van der Waals surface area (Å²) in [5.41, 5.74) is 5.45.